The fourth-order valence-corrected chi connectivity index (χ4v) is 1.66. The topological polar surface area (TPSA) is 55.6 Å². The maximum absolute atomic E-state index is 12.7. The van der Waals surface area contributed by atoms with E-state index in [1.54, 1.807) is 17.0 Å². The minimum absolute atomic E-state index is 0.0856. The Kier molecular flexibility index (Phi) is 3.05. The molecule has 1 aliphatic heterocycles. The highest BCUT2D eigenvalue weighted by molar-refractivity contribution is 5.70. The molecule has 0 radical (unpaired) electrons. The van der Waals surface area contributed by atoms with E-state index in [4.69, 9.17) is 10.5 Å². The van der Waals surface area contributed by atoms with Crippen LogP contribution >= 0.6 is 0 Å². The molecule has 0 bridgehead atoms. The summed E-state index contributed by atoms with van der Waals surface area (Å²) in [6.07, 6.45) is -0.361. The van der Waals surface area contributed by atoms with E-state index in [2.05, 4.69) is 0 Å². The van der Waals surface area contributed by atoms with Crippen molar-refractivity contribution in [3.8, 4) is 0 Å². The number of nitrogens with two attached hydrogens (primary N) is 1. The van der Waals surface area contributed by atoms with Crippen molar-refractivity contribution in [3.63, 3.8) is 0 Å². The Hall–Kier alpha value is -1.62. The Bertz CT molecular complexity index is 380. The van der Waals surface area contributed by atoms with E-state index in [9.17, 15) is 9.18 Å². The molecule has 2 rings (SSSR count). The van der Waals surface area contributed by atoms with Crippen molar-refractivity contribution in [2.45, 2.75) is 12.6 Å². The number of nitrogens with zero attached hydrogens (tertiary/aromatic N) is 1. The lowest BCUT2D eigenvalue weighted by atomic mass is 10.2. The SMILES string of the molecule is NCC1COC(=O)N1Cc1ccc(F)cc1. The molecular formula is C11H13FN2O2. The summed E-state index contributed by atoms with van der Waals surface area (Å²) in [6.45, 7) is 1.10. The summed E-state index contributed by atoms with van der Waals surface area (Å²) < 4.78 is 17.6. The second kappa shape index (κ2) is 4.49. The van der Waals surface area contributed by atoms with Gasteiger partial charge in [-0.2, -0.15) is 0 Å². The van der Waals surface area contributed by atoms with Gasteiger partial charge in [0.1, 0.15) is 12.4 Å². The zero-order valence-electron chi connectivity index (χ0n) is 8.73. The van der Waals surface area contributed by atoms with Crippen molar-refractivity contribution in [3.05, 3.63) is 35.6 Å². The number of ether oxygens (including phenoxy) is 1. The summed E-state index contributed by atoms with van der Waals surface area (Å²) in [5.74, 6) is -0.289. The number of rotatable bonds is 3. The lowest BCUT2D eigenvalue weighted by Crippen LogP contribution is -2.38. The first kappa shape index (κ1) is 10.9. The van der Waals surface area contributed by atoms with Crippen molar-refractivity contribution in [1.29, 1.82) is 0 Å². The number of halogens is 1. The monoisotopic (exact) mass is 224 g/mol. The van der Waals surface area contributed by atoms with Crippen molar-refractivity contribution in [2.24, 2.45) is 5.73 Å². The summed E-state index contributed by atoms with van der Waals surface area (Å²) in [4.78, 5) is 13.0. The third kappa shape index (κ3) is 2.14. The summed E-state index contributed by atoms with van der Waals surface area (Å²) in [6, 6.07) is 5.95. The van der Waals surface area contributed by atoms with Gasteiger partial charge >= 0.3 is 6.09 Å². The number of benzene rings is 1. The Morgan fingerprint density at radius 1 is 1.44 bits per heavy atom. The molecule has 1 aliphatic rings. The molecule has 1 amide bonds. The van der Waals surface area contributed by atoms with Crippen molar-refractivity contribution >= 4 is 6.09 Å². The predicted molar refractivity (Wildman–Crippen MR) is 56.1 cm³/mol. The third-order valence-electron chi connectivity index (χ3n) is 2.61. The first-order chi connectivity index (χ1) is 7.70. The number of hydrogen-bond acceptors (Lipinski definition) is 3. The summed E-state index contributed by atoms with van der Waals surface area (Å²) in [5.41, 5.74) is 6.39. The van der Waals surface area contributed by atoms with Crippen LogP contribution in [0.2, 0.25) is 0 Å². The van der Waals surface area contributed by atoms with Crippen LogP contribution in [0.3, 0.4) is 0 Å². The van der Waals surface area contributed by atoms with Crippen molar-refractivity contribution in [1.82, 2.24) is 4.90 Å². The van der Waals surface area contributed by atoms with Gasteiger partial charge in [0, 0.05) is 13.1 Å². The van der Waals surface area contributed by atoms with Crippen molar-refractivity contribution < 1.29 is 13.9 Å². The van der Waals surface area contributed by atoms with Crippen LogP contribution in [0.15, 0.2) is 24.3 Å². The van der Waals surface area contributed by atoms with Gasteiger partial charge in [-0.25, -0.2) is 9.18 Å². The molecule has 1 unspecified atom stereocenters. The minimum atomic E-state index is -0.361. The quantitative estimate of drug-likeness (QED) is 0.836. The number of carbonyl (C=O) groups excluding carboxylic acids is 1. The van der Waals surface area contributed by atoms with Gasteiger partial charge in [0.15, 0.2) is 0 Å². The normalized spacial score (nSPS) is 20.0. The van der Waals surface area contributed by atoms with E-state index in [0.717, 1.165) is 5.56 Å². The van der Waals surface area contributed by atoms with Gasteiger partial charge in [-0.05, 0) is 17.7 Å². The van der Waals surface area contributed by atoms with Crippen LogP contribution in [0, 0.1) is 5.82 Å². The molecule has 1 aromatic rings. The zero-order valence-corrected chi connectivity index (χ0v) is 8.73. The summed E-state index contributed by atoms with van der Waals surface area (Å²) in [7, 11) is 0. The largest absolute Gasteiger partial charge is 0.447 e. The third-order valence-corrected chi connectivity index (χ3v) is 2.61. The Labute approximate surface area is 92.8 Å². The smallest absolute Gasteiger partial charge is 0.410 e. The first-order valence-electron chi connectivity index (χ1n) is 5.08. The molecule has 1 heterocycles. The second-order valence-corrected chi connectivity index (χ2v) is 3.72. The highest BCUT2D eigenvalue weighted by atomic mass is 19.1. The number of carbonyl (C=O) groups is 1. The van der Waals surface area contributed by atoms with Crippen LogP contribution in [0.4, 0.5) is 9.18 Å². The van der Waals surface area contributed by atoms with E-state index in [1.165, 1.54) is 12.1 Å². The van der Waals surface area contributed by atoms with E-state index in [1.807, 2.05) is 0 Å². The average molecular weight is 224 g/mol. The maximum atomic E-state index is 12.7. The first-order valence-corrected chi connectivity index (χ1v) is 5.08. The molecule has 0 spiro atoms. The zero-order chi connectivity index (χ0) is 11.5. The van der Waals surface area contributed by atoms with E-state index < -0.39 is 0 Å². The highest BCUT2D eigenvalue weighted by Crippen LogP contribution is 2.16. The summed E-state index contributed by atoms with van der Waals surface area (Å²) >= 11 is 0. The predicted octanol–water partition coefficient (Wildman–Crippen LogP) is 1.11. The minimum Gasteiger partial charge on any atom is -0.447 e. The van der Waals surface area contributed by atoms with Crippen LogP contribution in [0.5, 0.6) is 0 Å². The number of amides is 1. The molecule has 16 heavy (non-hydrogen) atoms. The standard InChI is InChI=1S/C11H13FN2O2/c12-9-3-1-8(2-4-9)6-14-10(5-13)7-16-11(14)15/h1-4,10H,5-7,13H2. The van der Waals surface area contributed by atoms with E-state index in [0.29, 0.717) is 19.7 Å². The van der Waals surface area contributed by atoms with E-state index >= 15 is 0 Å². The molecule has 4 nitrogen and oxygen atoms in total. The fraction of sp³-hybridized carbons (Fsp3) is 0.364. The molecule has 1 fully saturated rings. The molecular weight excluding hydrogens is 211 g/mol. The molecule has 1 saturated heterocycles. The van der Waals surface area contributed by atoms with Gasteiger partial charge in [-0.15, -0.1) is 0 Å². The Morgan fingerprint density at radius 3 is 2.75 bits per heavy atom. The van der Waals surface area contributed by atoms with Crippen molar-refractivity contribution in [2.75, 3.05) is 13.2 Å². The molecule has 0 aliphatic carbocycles. The molecule has 2 N–H and O–H groups in total. The van der Waals surface area contributed by atoms with Gasteiger partial charge < -0.3 is 10.5 Å². The molecule has 1 atom stereocenters. The molecule has 0 saturated carbocycles. The fourth-order valence-electron chi connectivity index (χ4n) is 1.66. The summed E-state index contributed by atoms with van der Waals surface area (Å²) in [5, 5.41) is 0. The molecule has 5 heteroatoms. The van der Waals surface area contributed by atoms with Crippen LogP contribution in [0.1, 0.15) is 5.56 Å². The molecule has 1 aromatic carbocycles. The second-order valence-electron chi connectivity index (χ2n) is 3.72. The van der Waals surface area contributed by atoms with Crippen LogP contribution in [0.25, 0.3) is 0 Å². The van der Waals surface area contributed by atoms with Crippen LogP contribution < -0.4 is 5.73 Å². The highest BCUT2D eigenvalue weighted by Gasteiger charge is 2.31. The van der Waals surface area contributed by atoms with Gasteiger partial charge in [0.05, 0.1) is 6.04 Å². The van der Waals surface area contributed by atoms with E-state index in [-0.39, 0.29) is 18.0 Å². The van der Waals surface area contributed by atoms with Crippen LogP contribution in [-0.2, 0) is 11.3 Å². The lowest BCUT2D eigenvalue weighted by molar-refractivity contribution is 0.156. The molecule has 86 valence electrons. The van der Waals surface area contributed by atoms with Gasteiger partial charge in [-0.3, -0.25) is 4.90 Å². The maximum Gasteiger partial charge on any atom is 0.410 e. The van der Waals surface area contributed by atoms with Gasteiger partial charge in [0.2, 0.25) is 0 Å². The Balaban J connectivity index is 2.08. The van der Waals surface area contributed by atoms with Gasteiger partial charge in [0.25, 0.3) is 0 Å². The van der Waals surface area contributed by atoms with Crippen LogP contribution in [-0.4, -0.2) is 30.2 Å². The number of cyclic esters (lactones) is 1. The lowest BCUT2D eigenvalue weighted by Gasteiger charge is -2.19. The Morgan fingerprint density at radius 2 is 2.12 bits per heavy atom. The average Bonchev–Trinajstić information content (AvgIpc) is 2.63. The number of hydrogen-bond donors (Lipinski definition) is 1. The van der Waals surface area contributed by atoms with Gasteiger partial charge in [-0.1, -0.05) is 12.1 Å². The molecule has 0 aromatic heterocycles.